The Kier molecular flexibility index (Phi) is 4.07. The molecule has 19 heavy (non-hydrogen) atoms. The van der Waals surface area contributed by atoms with Gasteiger partial charge in [-0.3, -0.25) is 0 Å². The predicted molar refractivity (Wildman–Crippen MR) is 81.8 cm³/mol. The highest BCUT2D eigenvalue weighted by atomic mass is 15.1. The standard InChI is InChI=1S/C17H26N2/c1-2-18-16-10-5-8-15(16)13-19-12-6-9-14-7-3-4-11-17(14)19/h3-4,7,11,15-16,18H,2,5-6,8-10,12-13H2,1H3. The summed E-state index contributed by atoms with van der Waals surface area (Å²) in [5, 5.41) is 3.68. The average molecular weight is 258 g/mol. The van der Waals surface area contributed by atoms with Crippen molar-refractivity contribution in [3.63, 3.8) is 0 Å². The van der Waals surface area contributed by atoms with Gasteiger partial charge in [0, 0.05) is 24.8 Å². The summed E-state index contributed by atoms with van der Waals surface area (Å²) in [5.74, 6) is 0.839. The number of para-hydroxylation sites is 1. The van der Waals surface area contributed by atoms with E-state index in [-0.39, 0.29) is 0 Å². The first-order valence-electron chi connectivity index (χ1n) is 7.94. The molecule has 1 heterocycles. The molecule has 2 heteroatoms. The van der Waals surface area contributed by atoms with E-state index in [1.807, 2.05) is 0 Å². The fraction of sp³-hybridized carbons (Fsp3) is 0.647. The summed E-state index contributed by atoms with van der Waals surface area (Å²) in [6.07, 6.45) is 6.74. The molecule has 2 nitrogen and oxygen atoms in total. The second kappa shape index (κ2) is 5.96. The second-order valence-corrected chi connectivity index (χ2v) is 6.03. The molecule has 3 rings (SSSR count). The zero-order chi connectivity index (χ0) is 13.1. The van der Waals surface area contributed by atoms with Crippen LogP contribution >= 0.6 is 0 Å². The lowest BCUT2D eigenvalue weighted by molar-refractivity contribution is 0.403. The van der Waals surface area contributed by atoms with Crippen LogP contribution in [0.2, 0.25) is 0 Å². The van der Waals surface area contributed by atoms with E-state index in [0.717, 1.165) is 18.5 Å². The van der Waals surface area contributed by atoms with Crippen molar-refractivity contribution in [2.75, 3.05) is 24.5 Å². The van der Waals surface area contributed by atoms with Crippen LogP contribution in [0.5, 0.6) is 0 Å². The third kappa shape index (κ3) is 2.79. The van der Waals surface area contributed by atoms with Crippen LogP contribution in [0.3, 0.4) is 0 Å². The average Bonchev–Trinajstić information content (AvgIpc) is 2.87. The number of benzene rings is 1. The Balaban J connectivity index is 1.70. The molecule has 1 aliphatic carbocycles. The Bertz CT molecular complexity index is 415. The first-order valence-corrected chi connectivity index (χ1v) is 7.94. The Morgan fingerprint density at radius 3 is 3.00 bits per heavy atom. The minimum Gasteiger partial charge on any atom is -0.371 e. The summed E-state index contributed by atoms with van der Waals surface area (Å²) < 4.78 is 0. The minimum absolute atomic E-state index is 0.749. The lowest BCUT2D eigenvalue weighted by Crippen LogP contribution is -2.41. The van der Waals surface area contributed by atoms with Crippen LogP contribution in [-0.4, -0.2) is 25.7 Å². The molecule has 1 N–H and O–H groups in total. The summed E-state index contributed by atoms with van der Waals surface area (Å²) in [5.41, 5.74) is 3.04. The van der Waals surface area contributed by atoms with Crippen LogP contribution < -0.4 is 10.2 Å². The number of hydrogen-bond donors (Lipinski definition) is 1. The lowest BCUT2D eigenvalue weighted by atomic mass is 9.97. The third-order valence-corrected chi connectivity index (χ3v) is 4.79. The van der Waals surface area contributed by atoms with Crippen molar-refractivity contribution in [1.29, 1.82) is 0 Å². The van der Waals surface area contributed by atoms with Crippen molar-refractivity contribution < 1.29 is 0 Å². The van der Waals surface area contributed by atoms with E-state index in [4.69, 9.17) is 0 Å². The van der Waals surface area contributed by atoms with Crippen molar-refractivity contribution in [1.82, 2.24) is 5.32 Å². The molecular formula is C17H26N2. The number of fused-ring (bicyclic) bond motifs is 1. The van der Waals surface area contributed by atoms with Crippen LogP contribution in [0.15, 0.2) is 24.3 Å². The van der Waals surface area contributed by atoms with Crippen LogP contribution in [0.25, 0.3) is 0 Å². The summed E-state index contributed by atoms with van der Waals surface area (Å²) in [7, 11) is 0. The maximum atomic E-state index is 3.68. The van der Waals surface area contributed by atoms with Crippen LogP contribution in [0.4, 0.5) is 5.69 Å². The van der Waals surface area contributed by atoms with Gasteiger partial charge in [0.2, 0.25) is 0 Å². The van der Waals surface area contributed by atoms with E-state index in [9.17, 15) is 0 Å². The summed E-state index contributed by atoms with van der Waals surface area (Å²) in [6.45, 7) is 5.82. The van der Waals surface area contributed by atoms with Gasteiger partial charge in [0.1, 0.15) is 0 Å². The molecule has 2 atom stereocenters. The molecule has 1 aromatic carbocycles. The van der Waals surface area contributed by atoms with E-state index in [0.29, 0.717) is 0 Å². The van der Waals surface area contributed by atoms with Crippen molar-refractivity contribution in [3.05, 3.63) is 29.8 Å². The highest BCUT2D eigenvalue weighted by Gasteiger charge is 2.29. The number of nitrogens with zero attached hydrogens (tertiary/aromatic N) is 1. The van der Waals surface area contributed by atoms with E-state index in [2.05, 4.69) is 41.4 Å². The van der Waals surface area contributed by atoms with Crippen molar-refractivity contribution in [2.24, 2.45) is 5.92 Å². The fourth-order valence-electron chi connectivity index (χ4n) is 3.87. The molecule has 1 saturated carbocycles. The van der Waals surface area contributed by atoms with E-state index >= 15 is 0 Å². The quantitative estimate of drug-likeness (QED) is 0.892. The number of anilines is 1. The highest BCUT2D eigenvalue weighted by Crippen LogP contribution is 2.32. The monoisotopic (exact) mass is 258 g/mol. The Morgan fingerprint density at radius 2 is 2.11 bits per heavy atom. The minimum atomic E-state index is 0.749. The van der Waals surface area contributed by atoms with Crippen molar-refractivity contribution >= 4 is 5.69 Å². The molecule has 0 spiro atoms. The van der Waals surface area contributed by atoms with Gasteiger partial charge in [0.15, 0.2) is 0 Å². The van der Waals surface area contributed by atoms with E-state index in [1.165, 1.54) is 50.9 Å². The number of hydrogen-bond acceptors (Lipinski definition) is 2. The maximum Gasteiger partial charge on any atom is 0.0398 e. The fourth-order valence-corrected chi connectivity index (χ4v) is 3.87. The largest absolute Gasteiger partial charge is 0.371 e. The van der Waals surface area contributed by atoms with Gasteiger partial charge in [-0.25, -0.2) is 0 Å². The summed E-state index contributed by atoms with van der Waals surface area (Å²) >= 11 is 0. The first kappa shape index (κ1) is 13.0. The van der Waals surface area contributed by atoms with E-state index < -0.39 is 0 Å². The number of aryl methyl sites for hydroxylation is 1. The zero-order valence-electron chi connectivity index (χ0n) is 12.1. The van der Waals surface area contributed by atoms with Gasteiger partial charge in [-0.2, -0.15) is 0 Å². The summed E-state index contributed by atoms with van der Waals surface area (Å²) in [4.78, 5) is 2.64. The Hall–Kier alpha value is -1.02. The molecule has 0 aromatic heterocycles. The van der Waals surface area contributed by atoms with Gasteiger partial charge in [-0.15, -0.1) is 0 Å². The first-order chi connectivity index (χ1) is 9.38. The molecule has 104 valence electrons. The molecule has 2 aliphatic rings. The van der Waals surface area contributed by atoms with Gasteiger partial charge in [-0.05, 0) is 49.8 Å². The third-order valence-electron chi connectivity index (χ3n) is 4.79. The molecule has 1 aromatic rings. The predicted octanol–water partition coefficient (Wildman–Crippen LogP) is 3.22. The van der Waals surface area contributed by atoms with Crippen LogP contribution in [0.1, 0.15) is 38.2 Å². The number of nitrogens with one attached hydrogen (secondary N) is 1. The molecular weight excluding hydrogens is 232 g/mol. The highest BCUT2D eigenvalue weighted by molar-refractivity contribution is 5.55. The SMILES string of the molecule is CCNC1CCCC1CN1CCCc2ccccc21. The van der Waals surface area contributed by atoms with Crippen LogP contribution in [0, 0.1) is 5.92 Å². The van der Waals surface area contributed by atoms with Crippen molar-refractivity contribution in [2.45, 2.75) is 45.1 Å². The van der Waals surface area contributed by atoms with Gasteiger partial charge >= 0.3 is 0 Å². The molecule has 2 unspecified atom stereocenters. The van der Waals surface area contributed by atoms with E-state index in [1.54, 1.807) is 5.56 Å². The maximum absolute atomic E-state index is 3.68. The lowest BCUT2D eigenvalue weighted by Gasteiger charge is -2.35. The van der Waals surface area contributed by atoms with Gasteiger partial charge in [0.25, 0.3) is 0 Å². The van der Waals surface area contributed by atoms with Gasteiger partial charge in [-0.1, -0.05) is 31.5 Å². The van der Waals surface area contributed by atoms with Crippen molar-refractivity contribution in [3.8, 4) is 0 Å². The van der Waals surface area contributed by atoms with Gasteiger partial charge in [0.05, 0.1) is 0 Å². The molecule has 0 radical (unpaired) electrons. The Morgan fingerprint density at radius 1 is 1.21 bits per heavy atom. The zero-order valence-corrected chi connectivity index (χ0v) is 12.1. The molecule has 0 amide bonds. The number of rotatable bonds is 4. The Labute approximate surface area is 117 Å². The molecule has 1 fully saturated rings. The summed E-state index contributed by atoms with van der Waals surface area (Å²) in [6, 6.07) is 9.73. The molecule has 0 bridgehead atoms. The van der Waals surface area contributed by atoms with Gasteiger partial charge < -0.3 is 10.2 Å². The normalized spacial score (nSPS) is 26.5. The smallest absolute Gasteiger partial charge is 0.0398 e. The van der Waals surface area contributed by atoms with Crippen LogP contribution in [-0.2, 0) is 6.42 Å². The second-order valence-electron chi connectivity index (χ2n) is 6.03. The topological polar surface area (TPSA) is 15.3 Å². The molecule has 0 saturated heterocycles. The molecule has 1 aliphatic heterocycles.